The zero-order chi connectivity index (χ0) is 14.4. The van der Waals surface area contributed by atoms with E-state index in [4.69, 9.17) is 0 Å². The van der Waals surface area contributed by atoms with E-state index in [1.807, 2.05) is 30.3 Å². The molecule has 0 unspecified atom stereocenters. The van der Waals surface area contributed by atoms with Gasteiger partial charge in [-0.25, -0.2) is 4.79 Å². The first-order valence-electron chi connectivity index (χ1n) is 6.92. The van der Waals surface area contributed by atoms with Gasteiger partial charge in [-0.3, -0.25) is 4.79 Å². The van der Waals surface area contributed by atoms with Crippen molar-refractivity contribution in [2.45, 2.75) is 25.3 Å². The van der Waals surface area contributed by atoms with Crippen LogP contribution in [0.25, 0.3) is 0 Å². The minimum Gasteiger partial charge on any atom is -0.480 e. The molecule has 0 saturated heterocycles. The van der Waals surface area contributed by atoms with Gasteiger partial charge in [0.25, 0.3) is 0 Å². The summed E-state index contributed by atoms with van der Waals surface area (Å²) in [6, 6.07) is 8.41. The van der Waals surface area contributed by atoms with E-state index in [-0.39, 0.29) is 12.5 Å². The molecule has 0 radical (unpaired) electrons. The van der Waals surface area contributed by atoms with Crippen LogP contribution >= 0.6 is 0 Å². The molecule has 0 aliphatic heterocycles. The van der Waals surface area contributed by atoms with Crippen LogP contribution in [0.4, 0.5) is 0 Å². The monoisotopic (exact) mass is 276 g/mol. The highest BCUT2D eigenvalue weighted by atomic mass is 16.4. The Morgan fingerprint density at radius 3 is 2.55 bits per heavy atom. The highest BCUT2D eigenvalue weighted by Gasteiger charge is 2.22. The van der Waals surface area contributed by atoms with Gasteiger partial charge in [0.2, 0.25) is 5.91 Å². The number of carbonyl (C=O) groups excluding carboxylic acids is 1. The van der Waals surface area contributed by atoms with Crippen LogP contribution in [-0.2, 0) is 16.0 Å². The van der Waals surface area contributed by atoms with Crippen molar-refractivity contribution in [1.29, 1.82) is 0 Å². The fourth-order valence-electron chi connectivity index (χ4n) is 2.01. The predicted molar refractivity (Wildman–Crippen MR) is 75.3 cm³/mol. The molecule has 1 aliphatic rings. The predicted octanol–water partition coefficient (Wildman–Crippen LogP) is 0.798. The van der Waals surface area contributed by atoms with E-state index in [1.165, 1.54) is 12.8 Å². The molecule has 5 nitrogen and oxygen atoms in total. The molecule has 1 saturated carbocycles. The van der Waals surface area contributed by atoms with Gasteiger partial charge in [-0.15, -0.1) is 0 Å². The topological polar surface area (TPSA) is 78.4 Å². The molecule has 108 valence electrons. The van der Waals surface area contributed by atoms with E-state index in [1.54, 1.807) is 0 Å². The van der Waals surface area contributed by atoms with Crippen LogP contribution in [0.2, 0.25) is 0 Å². The van der Waals surface area contributed by atoms with Crippen LogP contribution in [0.15, 0.2) is 30.3 Å². The second kappa shape index (κ2) is 7.05. The van der Waals surface area contributed by atoms with Gasteiger partial charge in [0.1, 0.15) is 6.04 Å². The van der Waals surface area contributed by atoms with E-state index in [9.17, 15) is 14.7 Å². The first-order valence-corrected chi connectivity index (χ1v) is 6.92. The fourth-order valence-corrected chi connectivity index (χ4v) is 2.01. The van der Waals surface area contributed by atoms with Crippen molar-refractivity contribution in [2.24, 2.45) is 5.92 Å². The Kier molecular flexibility index (Phi) is 5.12. The average molecular weight is 276 g/mol. The third-order valence-corrected chi connectivity index (χ3v) is 3.33. The van der Waals surface area contributed by atoms with E-state index < -0.39 is 12.0 Å². The van der Waals surface area contributed by atoms with Crippen molar-refractivity contribution >= 4 is 11.9 Å². The van der Waals surface area contributed by atoms with Gasteiger partial charge >= 0.3 is 5.97 Å². The molecular weight excluding hydrogens is 256 g/mol. The first kappa shape index (κ1) is 14.5. The van der Waals surface area contributed by atoms with Gasteiger partial charge in [-0.05, 0) is 30.9 Å². The van der Waals surface area contributed by atoms with Crippen LogP contribution in [0.3, 0.4) is 0 Å². The number of rotatable bonds is 8. The Balaban J connectivity index is 1.78. The number of carboxylic acid groups (broad SMARTS) is 1. The lowest BCUT2D eigenvalue weighted by Gasteiger charge is -2.15. The molecule has 0 heterocycles. The highest BCUT2D eigenvalue weighted by molar-refractivity contribution is 5.84. The van der Waals surface area contributed by atoms with Crippen LogP contribution in [0.1, 0.15) is 18.4 Å². The van der Waals surface area contributed by atoms with Gasteiger partial charge in [-0.2, -0.15) is 0 Å². The number of amides is 1. The average Bonchev–Trinajstić information content (AvgIpc) is 3.23. The summed E-state index contributed by atoms with van der Waals surface area (Å²) in [6.07, 6.45) is 2.74. The minimum atomic E-state index is -1.01. The summed E-state index contributed by atoms with van der Waals surface area (Å²) in [6.45, 7) is 1.01. The summed E-state index contributed by atoms with van der Waals surface area (Å²) < 4.78 is 0. The second-order valence-electron chi connectivity index (χ2n) is 5.22. The smallest absolute Gasteiger partial charge is 0.326 e. The molecule has 1 aliphatic carbocycles. The molecule has 20 heavy (non-hydrogen) atoms. The molecule has 0 bridgehead atoms. The van der Waals surface area contributed by atoms with Gasteiger partial charge in [-0.1, -0.05) is 30.3 Å². The first-order chi connectivity index (χ1) is 9.65. The van der Waals surface area contributed by atoms with Gasteiger partial charge in [0.05, 0.1) is 6.54 Å². The van der Waals surface area contributed by atoms with E-state index >= 15 is 0 Å². The highest BCUT2D eigenvalue weighted by Crippen LogP contribution is 2.27. The molecule has 0 aromatic heterocycles. The van der Waals surface area contributed by atoms with Gasteiger partial charge < -0.3 is 15.7 Å². The van der Waals surface area contributed by atoms with E-state index in [0.29, 0.717) is 12.3 Å². The van der Waals surface area contributed by atoms with Crippen molar-refractivity contribution in [3.8, 4) is 0 Å². The molecule has 1 aromatic carbocycles. The summed E-state index contributed by atoms with van der Waals surface area (Å²) in [7, 11) is 0. The maximum absolute atomic E-state index is 11.7. The number of carbonyl (C=O) groups is 2. The summed E-state index contributed by atoms with van der Waals surface area (Å²) in [5.41, 5.74) is 0.895. The minimum absolute atomic E-state index is 0.176. The zero-order valence-corrected chi connectivity index (χ0v) is 11.3. The number of benzene rings is 1. The lowest BCUT2D eigenvalue weighted by atomic mass is 10.1. The number of hydrogen-bond acceptors (Lipinski definition) is 3. The summed E-state index contributed by atoms with van der Waals surface area (Å²) in [4.78, 5) is 22.9. The lowest BCUT2D eigenvalue weighted by molar-refractivity contribution is -0.141. The molecule has 1 atom stereocenters. The molecule has 2 rings (SSSR count). The Hall–Kier alpha value is -1.88. The quantitative estimate of drug-likeness (QED) is 0.656. The molecule has 1 fully saturated rings. The maximum atomic E-state index is 11.7. The Labute approximate surface area is 118 Å². The lowest BCUT2D eigenvalue weighted by Crippen LogP contribution is -2.46. The largest absolute Gasteiger partial charge is 0.480 e. The van der Waals surface area contributed by atoms with Crippen molar-refractivity contribution in [1.82, 2.24) is 10.6 Å². The number of aliphatic carboxylic acids is 1. The van der Waals surface area contributed by atoms with Crippen LogP contribution < -0.4 is 10.6 Å². The molecular formula is C15H20N2O3. The third-order valence-electron chi connectivity index (χ3n) is 3.33. The van der Waals surface area contributed by atoms with Crippen molar-refractivity contribution in [2.75, 3.05) is 13.1 Å². The molecule has 3 N–H and O–H groups in total. The van der Waals surface area contributed by atoms with Gasteiger partial charge in [0, 0.05) is 6.42 Å². The Morgan fingerprint density at radius 2 is 1.95 bits per heavy atom. The molecule has 1 aromatic rings. The normalized spacial score (nSPS) is 15.6. The standard InChI is InChI=1S/C15H20N2O3/c18-14(10-16-9-12-6-7-12)17-13(15(19)20)8-11-4-2-1-3-5-11/h1-5,12-13,16H,6-10H2,(H,17,18)(H,19,20)/t13-/m0/s1. The molecule has 5 heteroatoms. The van der Waals surface area contributed by atoms with Crippen LogP contribution in [0, 0.1) is 5.92 Å². The van der Waals surface area contributed by atoms with Crippen LogP contribution in [0.5, 0.6) is 0 Å². The van der Waals surface area contributed by atoms with Crippen LogP contribution in [-0.4, -0.2) is 36.1 Å². The van der Waals surface area contributed by atoms with E-state index in [2.05, 4.69) is 10.6 Å². The second-order valence-corrected chi connectivity index (χ2v) is 5.22. The Morgan fingerprint density at radius 1 is 1.25 bits per heavy atom. The van der Waals surface area contributed by atoms with Crippen molar-refractivity contribution in [3.05, 3.63) is 35.9 Å². The third kappa shape index (κ3) is 5.01. The maximum Gasteiger partial charge on any atom is 0.326 e. The number of hydrogen-bond donors (Lipinski definition) is 3. The van der Waals surface area contributed by atoms with Gasteiger partial charge in [0.15, 0.2) is 0 Å². The summed E-state index contributed by atoms with van der Waals surface area (Å²) in [5, 5.41) is 14.8. The van der Waals surface area contributed by atoms with Crippen molar-refractivity contribution in [3.63, 3.8) is 0 Å². The molecule has 0 spiro atoms. The molecule has 1 amide bonds. The summed E-state index contributed by atoms with van der Waals surface area (Å²) >= 11 is 0. The van der Waals surface area contributed by atoms with Crippen molar-refractivity contribution < 1.29 is 14.7 Å². The fraction of sp³-hybridized carbons (Fsp3) is 0.467. The SMILES string of the molecule is O=C(CNCC1CC1)N[C@@H](Cc1ccccc1)C(=O)O. The zero-order valence-electron chi connectivity index (χ0n) is 11.3. The number of nitrogens with one attached hydrogen (secondary N) is 2. The van der Waals surface area contributed by atoms with E-state index in [0.717, 1.165) is 12.1 Å². The number of carboxylic acids is 1. The summed E-state index contributed by atoms with van der Waals surface area (Å²) in [5.74, 6) is -0.583. The Bertz CT molecular complexity index is 457.